The standard InChI is InChI=1S/C16H25N3O2/c1-10(2)8-12-4-6-13(7-5-12)11(3)19-16(21)14(17)9-15(18)20/h4-7,10-11,14H,8-9,17H2,1-3H3,(H2,18,20)(H,19,21). The van der Waals surface area contributed by atoms with Crippen molar-refractivity contribution in [3.05, 3.63) is 35.4 Å². The molecule has 0 saturated heterocycles. The first-order valence-corrected chi connectivity index (χ1v) is 7.22. The van der Waals surface area contributed by atoms with E-state index in [9.17, 15) is 9.59 Å². The van der Waals surface area contributed by atoms with Gasteiger partial charge >= 0.3 is 0 Å². The van der Waals surface area contributed by atoms with Crippen LogP contribution in [0.5, 0.6) is 0 Å². The van der Waals surface area contributed by atoms with Crippen molar-refractivity contribution in [2.75, 3.05) is 0 Å². The Bertz CT molecular complexity index is 483. The molecule has 5 nitrogen and oxygen atoms in total. The molecule has 116 valence electrons. The molecule has 1 aromatic rings. The summed E-state index contributed by atoms with van der Waals surface area (Å²) in [6, 6.07) is 7.09. The van der Waals surface area contributed by atoms with E-state index in [1.165, 1.54) is 5.56 Å². The van der Waals surface area contributed by atoms with Crippen LogP contribution in [0.2, 0.25) is 0 Å². The molecule has 0 fully saturated rings. The molecule has 0 bridgehead atoms. The highest BCUT2D eigenvalue weighted by atomic mass is 16.2. The van der Waals surface area contributed by atoms with E-state index >= 15 is 0 Å². The van der Waals surface area contributed by atoms with E-state index in [1.54, 1.807) is 0 Å². The van der Waals surface area contributed by atoms with Gasteiger partial charge < -0.3 is 16.8 Å². The van der Waals surface area contributed by atoms with E-state index in [0.29, 0.717) is 5.92 Å². The number of hydrogen-bond acceptors (Lipinski definition) is 3. The summed E-state index contributed by atoms with van der Waals surface area (Å²) in [5, 5.41) is 2.79. The lowest BCUT2D eigenvalue weighted by Gasteiger charge is -2.17. The average molecular weight is 291 g/mol. The molecule has 0 heterocycles. The quantitative estimate of drug-likeness (QED) is 0.705. The van der Waals surface area contributed by atoms with Gasteiger partial charge in [0.15, 0.2) is 0 Å². The van der Waals surface area contributed by atoms with Gasteiger partial charge in [0, 0.05) is 0 Å². The van der Waals surface area contributed by atoms with Gasteiger partial charge in [0.1, 0.15) is 0 Å². The smallest absolute Gasteiger partial charge is 0.237 e. The number of carbonyl (C=O) groups is 2. The van der Waals surface area contributed by atoms with Crippen LogP contribution < -0.4 is 16.8 Å². The van der Waals surface area contributed by atoms with Crippen molar-refractivity contribution in [1.29, 1.82) is 0 Å². The summed E-state index contributed by atoms with van der Waals surface area (Å²) in [6.45, 7) is 6.24. The molecule has 0 spiro atoms. The molecule has 0 radical (unpaired) electrons. The van der Waals surface area contributed by atoms with Gasteiger partial charge in [0.05, 0.1) is 18.5 Å². The maximum Gasteiger partial charge on any atom is 0.237 e. The molecule has 0 aliphatic heterocycles. The van der Waals surface area contributed by atoms with Gasteiger partial charge in [-0.2, -0.15) is 0 Å². The Hall–Kier alpha value is -1.88. The van der Waals surface area contributed by atoms with E-state index in [2.05, 4.69) is 31.3 Å². The lowest BCUT2D eigenvalue weighted by atomic mass is 10.00. The SMILES string of the molecule is CC(C)Cc1ccc(C(C)NC(=O)C(N)CC(N)=O)cc1. The van der Waals surface area contributed by atoms with Crippen LogP contribution >= 0.6 is 0 Å². The molecule has 1 rings (SSSR count). The molecule has 2 amide bonds. The summed E-state index contributed by atoms with van der Waals surface area (Å²) in [5.41, 5.74) is 12.9. The first-order valence-electron chi connectivity index (χ1n) is 7.22. The Morgan fingerprint density at radius 2 is 1.71 bits per heavy atom. The lowest BCUT2D eigenvalue weighted by molar-refractivity contribution is -0.126. The maximum absolute atomic E-state index is 11.8. The second-order valence-electron chi connectivity index (χ2n) is 5.85. The van der Waals surface area contributed by atoms with Crippen molar-refractivity contribution in [3.8, 4) is 0 Å². The summed E-state index contributed by atoms with van der Waals surface area (Å²) >= 11 is 0. The summed E-state index contributed by atoms with van der Waals surface area (Å²) in [7, 11) is 0. The van der Waals surface area contributed by atoms with Gasteiger partial charge in [-0.3, -0.25) is 9.59 Å². The van der Waals surface area contributed by atoms with E-state index in [-0.39, 0.29) is 18.4 Å². The molecule has 5 heteroatoms. The third kappa shape index (κ3) is 5.95. The molecular formula is C16H25N3O2. The van der Waals surface area contributed by atoms with Gasteiger partial charge in [-0.25, -0.2) is 0 Å². The number of nitrogens with two attached hydrogens (primary N) is 2. The fraction of sp³-hybridized carbons (Fsp3) is 0.500. The zero-order valence-corrected chi connectivity index (χ0v) is 12.9. The molecule has 0 aromatic heterocycles. The number of amides is 2. The maximum atomic E-state index is 11.8. The zero-order valence-electron chi connectivity index (χ0n) is 12.9. The Morgan fingerprint density at radius 1 is 1.14 bits per heavy atom. The second kappa shape index (κ2) is 7.78. The van der Waals surface area contributed by atoms with Crippen LogP contribution in [0.1, 0.15) is 44.4 Å². The number of primary amides is 1. The summed E-state index contributed by atoms with van der Waals surface area (Å²) < 4.78 is 0. The minimum Gasteiger partial charge on any atom is -0.370 e. The van der Waals surface area contributed by atoms with Crippen LogP contribution in [0.4, 0.5) is 0 Å². The normalized spacial score (nSPS) is 13.8. The summed E-state index contributed by atoms with van der Waals surface area (Å²) in [4.78, 5) is 22.6. The Kier molecular flexibility index (Phi) is 6.37. The minimum absolute atomic E-state index is 0.147. The number of benzene rings is 1. The Labute approximate surface area is 126 Å². The third-order valence-electron chi connectivity index (χ3n) is 3.24. The fourth-order valence-corrected chi connectivity index (χ4v) is 2.13. The summed E-state index contributed by atoms with van der Waals surface area (Å²) in [5.74, 6) is -0.337. The number of nitrogens with one attached hydrogen (secondary N) is 1. The predicted molar refractivity (Wildman–Crippen MR) is 83.3 cm³/mol. The second-order valence-corrected chi connectivity index (χ2v) is 5.85. The molecule has 1 aromatic carbocycles. The molecule has 0 aliphatic carbocycles. The van der Waals surface area contributed by atoms with Crippen molar-refractivity contribution in [2.45, 2.75) is 45.7 Å². The van der Waals surface area contributed by atoms with E-state index < -0.39 is 11.9 Å². The van der Waals surface area contributed by atoms with Crippen LogP contribution in [-0.4, -0.2) is 17.9 Å². The average Bonchev–Trinajstić information content (AvgIpc) is 2.37. The van der Waals surface area contributed by atoms with E-state index in [0.717, 1.165) is 12.0 Å². The van der Waals surface area contributed by atoms with E-state index in [4.69, 9.17) is 11.5 Å². The molecule has 0 aliphatic rings. The van der Waals surface area contributed by atoms with Crippen LogP contribution in [0, 0.1) is 5.92 Å². The molecule has 5 N–H and O–H groups in total. The van der Waals surface area contributed by atoms with Gasteiger partial charge in [0.25, 0.3) is 0 Å². The van der Waals surface area contributed by atoms with Crippen LogP contribution in [0.25, 0.3) is 0 Å². The largest absolute Gasteiger partial charge is 0.370 e. The van der Waals surface area contributed by atoms with E-state index in [1.807, 2.05) is 19.1 Å². The van der Waals surface area contributed by atoms with Crippen molar-refractivity contribution >= 4 is 11.8 Å². The Balaban J connectivity index is 2.60. The van der Waals surface area contributed by atoms with Gasteiger partial charge in [0.2, 0.25) is 11.8 Å². The van der Waals surface area contributed by atoms with Crippen LogP contribution in [0.3, 0.4) is 0 Å². The van der Waals surface area contributed by atoms with Gasteiger partial charge in [-0.15, -0.1) is 0 Å². The van der Waals surface area contributed by atoms with Crippen molar-refractivity contribution < 1.29 is 9.59 Å². The third-order valence-corrected chi connectivity index (χ3v) is 3.24. The fourth-order valence-electron chi connectivity index (χ4n) is 2.13. The zero-order chi connectivity index (χ0) is 16.0. The van der Waals surface area contributed by atoms with Crippen molar-refractivity contribution in [1.82, 2.24) is 5.32 Å². The van der Waals surface area contributed by atoms with Crippen LogP contribution in [0.15, 0.2) is 24.3 Å². The van der Waals surface area contributed by atoms with Gasteiger partial charge in [-0.05, 0) is 30.4 Å². The molecule has 21 heavy (non-hydrogen) atoms. The number of carbonyl (C=O) groups excluding carboxylic acids is 2. The number of rotatable bonds is 7. The van der Waals surface area contributed by atoms with Crippen LogP contribution in [-0.2, 0) is 16.0 Å². The molecule has 0 saturated carbocycles. The van der Waals surface area contributed by atoms with Crippen molar-refractivity contribution in [2.24, 2.45) is 17.4 Å². The Morgan fingerprint density at radius 3 is 2.19 bits per heavy atom. The first kappa shape index (κ1) is 17.2. The van der Waals surface area contributed by atoms with Crippen molar-refractivity contribution in [3.63, 3.8) is 0 Å². The number of hydrogen-bond donors (Lipinski definition) is 3. The first-order chi connectivity index (χ1) is 9.79. The lowest BCUT2D eigenvalue weighted by Crippen LogP contribution is -2.43. The highest BCUT2D eigenvalue weighted by molar-refractivity contribution is 5.87. The summed E-state index contributed by atoms with van der Waals surface area (Å²) in [6.07, 6.45) is 0.885. The molecule has 2 unspecified atom stereocenters. The van der Waals surface area contributed by atoms with Gasteiger partial charge in [-0.1, -0.05) is 38.1 Å². The predicted octanol–water partition coefficient (Wildman–Crippen LogP) is 1.27. The minimum atomic E-state index is -0.898. The molecular weight excluding hydrogens is 266 g/mol. The monoisotopic (exact) mass is 291 g/mol. The highest BCUT2D eigenvalue weighted by Gasteiger charge is 2.18. The highest BCUT2D eigenvalue weighted by Crippen LogP contribution is 2.15. The molecule has 2 atom stereocenters. The topological polar surface area (TPSA) is 98.2 Å².